The maximum Gasteiger partial charge on any atom is 0.232 e. The van der Waals surface area contributed by atoms with Crippen LogP contribution in [0.25, 0.3) is 0 Å². The highest BCUT2D eigenvalue weighted by molar-refractivity contribution is 7.15. The van der Waals surface area contributed by atoms with Crippen LogP contribution < -0.4 is 4.90 Å². The molecule has 0 spiro atoms. The van der Waals surface area contributed by atoms with Gasteiger partial charge in [0.25, 0.3) is 0 Å². The van der Waals surface area contributed by atoms with Gasteiger partial charge in [-0.25, -0.2) is 4.98 Å². The van der Waals surface area contributed by atoms with E-state index in [1.165, 1.54) is 23.4 Å². The average molecular weight is 300 g/mol. The van der Waals surface area contributed by atoms with Crippen LogP contribution in [-0.4, -0.2) is 17.9 Å². The molecule has 4 heteroatoms. The molecule has 0 bridgehead atoms. The number of carbonyl (C=O) groups excluding carboxylic acids is 1. The van der Waals surface area contributed by atoms with Crippen molar-refractivity contribution in [2.45, 2.75) is 39.0 Å². The van der Waals surface area contributed by atoms with E-state index in [1.807, 2.05) is 38.2 Å². The largest absolute Gasteiger partial charge is 0.291 e. The number of anilines is 1. The summed E-state index contributed by atoms with van der Waals surface area (Å²) in [5.41, 5.74) is 3.46. The summed E-state index contributed by atoms with van der Waals surface area (Å²) in [7, 11) is 1.84. The highest BCUT2D eigenvalue weighted by Gasteiger charge is 2.20. The molecule has 1 aliphatic rings. The van der Waals surface area contributed by atoms with Gasteiger partial charge < -0.3 is 0 Å². The van der Waals surface area contributed by atoms with E-state index in [9.17, 15) is 4.79 Å². The lowest BCUT2D eigenvalue weighted by Crippen LogP contribution is -2.28. The van der Waals surface area contributed by atoms with Gasteiger partial charge in [-0.3, -0.25) is 9.69 Å². The van der Waals surface area contributed by atoms with Gasteiger partial charge in [-0.2, -0.15) is 0 Å². The molecule has 0 saturated carbocycles. The molecule has 3 rings (SSSR count). The number of aromatic nitrogens is 1. The number of fused-ring (bicyclic) bond motifs is 1. The molecule has 0 radical (unpaired) electrons. The van der Waals surface area contributed by atoms with Gasteiger partial charge in [0, 0.05) is 11.9 Å². The molecule has 0 saturated heterocycles. The Hall–Kier alpha value is -1.68. The molecule has 1 aromatic carbocycles. The van der Waals surface area contributed by atoms with Crippen LogP contribution in [0.15, 0.2) is 24.3 Å². The molecule has 0 fully saturated rings. The van der Waals surface area contributed by atoms with Gasteiger partial charge in [-0.05, 0) is 43.7 Å². The maximum atomic E-state index is 12.5. The van der Waals surface area contributed by atoms with Crippen molar-refractivity contribution in [2.75, 3.05) is 11.9 Å². The molecule has 0 aliphatic heterocycles. The average Bonchev–Trinajstić information content (AvgIpc) is 2.92. The molecular formula is C17H20N2OS. The molecule has 1 heterocycles. The highest BCUT2D eigenvalue weighted by Crippen LogP contribution is 2.31. The minimum Gasteiger partial charge on any atom is -0.291 e. The van der Waals surface area contributed by atoms with Crippen LogP contribution in [-0.2, 0) is 24.1 Å². The number of carbonyl (C=O) groups is 1. The number of aryl methyl sites for hydroxylation is 3. The van der Waals surface area contributed by atoms with E-state index in [4.69, 9.17) is 0 Å². The molecule has 0 N–H and O–H groups in total. The first kappa shape index (κ1) is 14.3. The summed E-state index contributed by atoms with van der Waals surface area (Å²) in [4.78, 5) is 20.2. The van der Waals surface area contributed by atoms with Crippen LogP contribution in [0.1, 0.15) is 34.5 Å². The molecule has 0 atom stereocenters. The Kier molecular flexibility index (Phi) is 4.06. The van der Waals surface area contributed by atoms with E-state index in [-0.39, 0.29) is 5.91 Å². The summed E-state index contributed by atoms with van der Waals surface area (Å²) in [5, 5.41) is 0.848. The van der Waals surface area contributed by atoms with E-state index in [0.717, 1.165) is 29.1 Å². The number of rotatable bonds is 3. The van der Waals surface area contributed by atoms with E-state index in [2.05, 4.69) is 4.98 Å². The zero-order valence-corrected chi connectivity index (χ0v) is 13.4. The third-order valence-corrected chi connectivity index (χ3v) is 5.33. The number of hydrogen-bond donors (Lipinski definition) is 0. The first-order chi connectivity index (χ1) is 10.1. The third-order valence-electron chi connectivity index (χ3n) is 4.10. The minimum absolute atomic E-state index is 0.107. The quantitative estimate of drug-likeness (QED) is 0.868. The Bertz CT molecular complexity index is 639. The van der Waals surface area contributed by atoms with Crippen molar-refractivity contribution in [2.24, 2.45) is 0 Å². The molecule has 21 heavy (non-hydrogen) atoms. The predicted molar refractivity (Wildman–Crippen MR) is 87.0 cm³/mol. The molecule has 2 aromatic rings. The summed E-state index contributed by atoms with van der Waals surface area (Å²) in [5.74, 6) is 0.107. The van der Waals surface area contributed by atoms with Gasteiger partial charge in [-0.1, -0.05) is 24.3 Å². The fourth-order valence-electron chi connectivity index (χ4n) is 2.68. The van der Waals surface area contributed by atoms with Crippen LogP contribution in [0.2, 0.25) is 0 Å². The lowest BCUT2D eigenvalue weighted by atomic mass is 10.0. The number of nitrogens with zero attached hydrogens (tertiary/aromatic N) is 2. The van der Waals surface area contributed by atoms with Crippen molar-refractivity contribution in [3.8, 4) is 0 Å². The number of benzene rings is 1. The molecule has 1 aromatic heterocycles. The lowest BCUT2D eigenvalue weighted by Gasteiger charge is -2.14. The normalized spacial score (nSPS) is 13.8. The van der Waals surface area contributed by atoms with Gasteiger partial charge in [-0.15, -0.1) is 11.3 Å². The summed E-state index contributed by atoms with van der Waals surface area (Å²) in [6.07, 6.45) is 5.08. The number of amides is 1. The molecular weight excluding hydrogens is 280 g/mol. The van der Waals surface area contributed by atoms with Crippen molar-refractivity contribution in [3.63, 3.8) is 0 Å². The van der Waals surface area contributed by atoms with Gasteiger partial charge in [0.15, 0.2) is 5.13 Å². The van der Waals surface area contributed by atoms with Gasteiger partial charge in [0.1, 0.15) is 0 Å². The molecule has 110 valence electrons. The van der Waals surface area contributed by atoms with Gasteiger partial charge in [0.05, 0.1) is 12.1 Å². The summed E-state index contributed by atoms with van der Waals surface area (Å²) >= 11 is 1.68. The summed E-state index contributed by atoms with van der Waals surface area (Å²) < 4.78 is 0. The first-order valence-electron chi connectivity index (χ1n) is 7.45. The topological polar surface area (TPSA) is 33.2 Å². The van der Waals surface area contributed by atoms with Crippen molar-refractivity contribution in [1.82, 2.24) is 4.98 Å². The smallest absolute Gasteiger partial charge is 0.232 e. The van der Waals surface area contributed by atoms with E-state index in [0.29, 0.717) is 6.42 Å². The summed E-state index contributed by atoms with van der Waals surface area (Å²) in [6.45, 7) is 2.05. The SMILES string of the molecule is Cc1ccccc1CC(=O)N(C)c1nc2c(s1)CCCC2. The summed E-state index contributed by atoms with van der Waals surface area (Å²) in [6, 6.07) is 8.05. The van der Waals surface area contributed by atoms with Crippen LogP contribution in [0, 0.1) is 6.92 Å². The lowest BCUT2D eigenvalue weighted by molar-refractivity contribution is -0.117. The Morgan fingerprint density at radius 2 is 2.05 bits per heavy atom. The van der Waals surface area contributed by atoms with E-state index >= 15 is 0 Å². The predicted octanol–water partition coefficient (Wildman–Crippen LogP) is 3.54. The van der Waals surface area contributed by atoms with Crippen LogP contribution >= 0.6 is 11.3 Å². The fourth-order valence-corrected chi connectivity index (χ4v) is 3.81. The Balaban J connectivity index is 1.75. The van der Waals surface area contributed by atoms with Crippen LogP contribution in [0.5, 0.6) is 0 Å². The Morgan fingerprint density at radius 1 is 1.29 bits per heavy atom. The molecule has 0 unspecified atom stereocenters. The van der Waals surface area contributed by atoms with E-state index in [1.54, 1.807) is 16.2 Å². The number of hydrogen-bond acceptors (Lipinski definition) is 3. The monoisotopic (exact) mass is 300 g/mol. The van der Waals surface area contributed by atoms with Crippen molar-refractivity contribution in [3.05, 3.63) is 46.0 Å². The highest BCUT2D eigenvalue weighted by atomic mass is 32.1. The standard InChI is InChI=1S/C17H20N2OS/c1-12-7-3-4-8-13(12)11-16(20)19(2)17-18-14-9-5-6-10-15(14)21-17/h3-4,7-8H,5-6,9-11H2,1-2H3. The zero-order chi connectivity index (χ0) is 14.8. The maximum absolute atomic E-state index is 12.5. The number of likely N-dealkylation sites (N-methyl/N-ethyl adjacent to an activating group) is 1. The third kappa shape index (κ3) is 3.00. The fraction of sp³-hybridized carbons (Fsp3) is 0.412. The van der Waals surface area contributed by atoms with Crippen molar-refractivity contribution >= 4 is 22.4 Å². The second kappa shape index (κ2) is 5.98. The first-order valence-corrected chi connectivity index (χ1v) is 8.26. The Labute approximate surface area is 129 Å². The van der Waals surface area contributed by atoms with Crippen molar-refractivity contribution < 1.29 is 4.79 Å². The van der Waals surface area contributed by atoms with Crippen LogP contribution in [0.4, 0.5) is 5.13 Å². The van der Waals surface area contributed by atoms with Crippen LogP contribution in [0.3, 0.4) is 0 Å². The van der Waals surface area contributed by atoms with Crippen molar-refractivity contribution in [1.29, 1.82) is 0 Å². The van der Waals surface area contributed by atoms with E-state index < -0.39 is 0 Å². The van der Waals surface area contributed by atoms with Gasteiger partial charge in [0.2, 0.25) is 5.91 Å². The second-order valence-electron chi connectivity index (χ2n) is 5.63. The Morgan fingerprint density at radius 3 is 2.81 bits per heavy atom. The molecule has 1 amide bonds. The minimum atomic E-state index is 0.107. The van der Waals surface area contributed by atoms with Gasteiger partial charge >= 0.3 is 0 Å². The second-order valence-corrected chi connectivity index (χ2v) is 6.69. The molecule has 1 aliphatic carbocycles. The number of thiazole rings is 1. The zero-order valence-electron chi connectivity index (χ0n) is 12.6. The molecule has 3 nitrogen and oxygen atoms in total.